The van der Waals surface area contributed by atoms with E-state index < -0.39 is 6.04 Å². The highest BCUT2D eigenvalue weighted by molar-refractivity contribution is 8.13. The summed E-state index contributed by atoms with van der Waals surface area (Å²) in [4.78, 5) is 36.7. The number of amides is 2. The third-order valence-corrected chi connectivity index (χ3v) is 6.46. The molecule has 2 aliphatic heterocycles. The van der Waals surface area contributed by atoms with Crippen LogP contribution in [0, 0.1) is 6.92 Å². The summed E-state index contributed by atoms with van der Waals surface area (Å²) in [5.41, 5.74) is 3.91. The molecule has 0 fully saturated rings. The van der Waals surface area contributed by atoms with Gasteiger partial charge in [-0.3, -0.25) is 14.6 Å². The molecule has 2 aliphatic rings. The molecule has 33 heavy (non-hydrogen) atoms. The molecule has 0 unspecified atom stereocenters. The van der Waals surface area contributed by atoms with Gasteiger partial charge in [-0.05, 0) is 36.8 Å². The van der Waals surface area contributed by atoms with Gasteiger partial charge >= 0.3 is 0 Å². The van der Waals surface area contributed by atoms with Crippen molar-refractivity contribution in [2.45, 2.75) is 31.7 Å². The lowest BCUT2D eigenvalue weighted by molar-refractivity contribution is -0.128. The number of nitrogens with zero attached hydrogens (tertiary/aromatic N) is 3. The van der Waals surface area contributed by atoms with E-state index in [9.17, 15) is 9.59 Å². The number of fused-ring (bicyclic) bond motifs is 3. The molecule has 166 valence electrons. The van der Waals surface area contributed by atoms with Crippen LogP contribution in [0.15, 0.2) is 81.3 Å². The summed E-state index contributed by atoms with van der Waals surface area (Å²) in [7, 11) is 0. The lowest BCUT2D eigenvalue weighted by atomic mass is 10.1. The Labute approximate surface area is 195 Å². The first kappa shape index (κ1) is 21.2. The van der Waals surface area contributed by atoms with Crippen molar-refractivity contribution in [1.82, 2.24) is 10.2 Å². The van der Waals surface area contributed by atoms with E-state index in [0.29, 0.717) is 22.5 Å². The van der Waals surface area contributed by atoms with Gasteiger partial charge in [0.05, 0.1) is 24.9 Å². The minimum atomic E-state index is -0.784. The predicted molar refractivity (Wildman–Crippen MR) is 128 cm³/mol. The molecule has 0 saturated heterocycles. The average molecular weight is 459 g/mol. The molecule has 0 bridgehead atoms. The van der Waals surface area contributed by atoms with Crippen LogP contribution < -0.4 is 5.32 Å². The molecule has 2 aromatic carbocycles. The molecule has 1 N–H and O–H groups in total. The molecule has 3 heterocycles. The number of amidine groups is 2. The number of carbonyl (C=O) groups is 2. The van der Waals surface area contributed by atoms with E-state index >= 15 is 0 Å². The second-order valence-electron chi connectivity index (χ2n) is 7.89. The fourth-order valence-corrected chi connectivity index (χ4v) is 4.67. The van der Waals surface area contributed by atoms with Crippen molar-refractivity contribution in [1.29, 1.82) is 0 Å². The van der Waals surface area contributed by atoms with Crippen LogP contribution in [0.5, 0.6) is 0 Å². The van der Waals surface area contributed by atoms with Crippen molar-refractivity contribution < 1.29 is 14.0 Å². The predicted octanol–water partition coefficient (Wildman–Crippen LogP) is 4.19. The Morgan fingerprint density at radius 3 is 2.73 bits per heavy atom. The standard InChI is InChI=1S/C25H22N4O3S/c1-16-8-10-17(11-9-16)15-33-25-28-20-7-3-2-6-19(20)23-27-21(24(31)29(23)25)13-22(30)26-14-18-5-4-12-32-18/h2-12,21H,13-15H2,1H3,(H,26,30)/t21-/m1/s1. The van der Waals surface area contributed by atoms with E-state index in [0.717, 1.165) is 16.8 Å². The topological polar surface area (TPSA) is 87.3 Å². The first-order valence-corrected chi connectivity index (χ1v) is 11.6. The van der Waals surface area contributed by atoms with Gasteiger partial charge in [-0.1, -0.05) is 53.7 Å². The largest absolute Gasteiger partial charge is 0.467 e. The number of aryl methyl sites for hydroxylation is 1. The molecule has 5 rings (SSSR count). The van der Waals surface area contributed by atoms with Crippen LogP contribution in [-0.4, -0.2) is 33.8 Å². The Morgan fingerprint density at radius 1 is 1.12 bits per heavy atom. The van der Waals surface area contributed by atoms with Gasteiger partial charge in [-0.2, -0.15) is 0 Å². The molecule has 3 aromatic rings. The van der Waals surface area contributed by atoms with Crippen molar-refractivity contribution in [3.63, 3.8) is 0 Å². The SMILES string of the molecule is Cc1ccc(CSC2=Nc3ccccc3C3=N[C@H](CC(=O)NCc4ccco4)C(=O)N23)cc1. The van der Waals surface area contributed by atoms with Gasteiger partial charge in [0.2, 0.25) is 5.91 Å². The van der Waals surface area contributed by atoms with E-state index in [-0.39, 0.29) is 24.8 Å². The maximum absolute atomic E-state index is 13.3. The monoisotopic (exact) mass is 458 g/mol. The highest BCUT2D eigenvalue weighted by Gasteiger charge is 2.42. The maximum Gasteiger partial charge on any atom is 0.259 e. The summed E-state index contributed by atoms with van der Waals surface area (Å²) in [6.07, 6.45) is 1.52. The van der Waals surface area contributed by atoms with E-state index in [1.165, 1.54) is 17.3 Å². The zero-order valence-electron chi connectivity index (χ0n) is 18.0. The van der Waals surface area contributed by atoms with Crippen LogP contribution in [-0.2, 0) is 21.9 Å². The Hall–Kier alpha value is -3.65. The Bertz CT molecular complexity index is 1250. The van der Waals surface area contributed by atoms with Crippen molar-refractivity contribution in [2.24, 2.45) is 9.98 Å². The third kappa shape index (κ3) is 4.47. The van der Waals surface area contributed by atoms with Crippen molar-refractivity contribution >= 4 is 40.3 Å². The summed E-state index contributed by atoms with van der Waals surface area (Å²) in [6.45, 7) is 2.32. The van der Waals surface area contributed by atoms with Crippen molar-refractivity contribution in [3.8, 4) is 0 Å². The molecule has 0 radical (unpaired) electrons. The van der Waals surface area contributed by atoms with Crippen LogP contribution in [0.25, 0.3) is 0 Å². The highest BCUT2D eigenvalue weighted by Crippen LogP contribution is 2.34. The summed E-state index contributed by atoms with van der Waals surface area (Å²) in [5.74, 6) is 1.39. The normalized spacial score (nSPS) is 16.7. The fraction of sp³-hybridized carbons (Fsp3) is 0.200. The number of furan rings is 1. The number of thioether (sulfide) groups is 1. The molecule has 0 aliphatic carbocycles. The maximum atomic E-state index is 13.3. The molecule has 1 aromatic heterocycles. The molecule has 8 heteroatoms. The number of rotatable bonds is 6. The van der Waals surface area contributed by atoms with E-state index in [1.54, 1.807) is 23.3 Å². The second-order valence-corrected chi connectivity index (χ2v) is 8.83. The highest BCUT2D eigenvalue weighted by atomic mass is 32.2. The summed E-state index contributed by atoms with van der Waals surface area (Å²) < 4.78 is 5.24. The van der Waals surface area contributed by atoms with Crippen LogP contribution >= 0.6 is 11.8 Å². The number of hydrogen-bond donors (Lipinski definition) is 1. The number of benzene rings is 2. The summed E-state index contributed by atoms with van der Waals surface area (Å²) in [6, 6.07) is 18.7. The Balaban J connectivity index is 1.34. The molecule has 2 amide bonds. The van der Waals surface area contributed by atoms with Gasteiger partial charge < -0.3 is 9.73 Å². The second kappa shape index (κ2) is 9.07. The van der Waals surface area contributed by atoms with Crippen LogP contribution in [0.3, 0.4) is 0 Å². The summed E-state index contributed by atoms with van der Waals surface area (Å²) in [5, 5.41) is 3.37. The van der Waals surface area contributed by atoms with Gasteiger partial charge in [0.1, 0.15) is 17.6 Å². The van der Waals surface area contributed by atoms with Crippen LogP contribution in [0.2, 0.25) is 0 Å². The molecule has 1 atom stereocenters. The fourth-order valence-electron chi connectivity index (χ4n) is 3.71. The number of carbonyl (C=O) groups excluding carboxylic acids is 2. The zero-order chi connectivity index (χ0) is 22.8. The quantitative estimate of drug-likeness (QED) is 0.600. The van der Waals surface area contributed by atoms with Crippen molar-refractivity contribution in [2.75, 3.05) is 0 Å². The molecule has 0 saturated carbocycles. The van der Waals surface area contributed by atoms with Crippen LogP contribution in [0.1, 0.15) is 28.9 Å². The van der Waals surface area contributed by atoms with Gasteiger partial charge in [-0.15, -0.1) is 0 Å². The van der Waals surface area contributed by atoms with Crippen molar-refractivity contribution in [3.05, 3.63) is 89.4 Å². The molecular formula is C25H22N4O3S. The third-order valence-electron chi connectivity index (χ3n) is 5.45. The van der Waals surface area contributed by atoms with Gasteiger partial charge in [0.25, 0.3) is 5.91 Å². The number of para-hydroxylation sites is 1. The zero-order valence-corrected chi connectivity index (χ0v) is 18.8. The molecular weight excluding hydrogens is 436 g/mol. The average Bonchev–Trinajstić information content (AvgIpc) is 3.46. The Kier molecular flexibility index (Phi) is 5.83. The molecule has 7 nitrogen and oxygen atoms in total. The van der Waals surface area contributed by atoms with E-state index in [2.05, 4.69) is 41.5 Å². The first-order chi connectivity index (χ1) is 16.1. The minimum absolute atomic E-state index is 0.0301. The summed E-state index contributed by atoms with van der Waals surface area (Å²) >= 11 is 1.49. The van der Waals surface area contributed by atoms with Gasteiger partial charge in [-0.25, -0.2) is 9.89 Å². The lowest BCUT2D eigenvalue weighted by Gasteiger charge is -2.25. The number of nitrogens with one attached hydrogen (secondary N) is 1. The minimum Gasteiger partial charge on any atom is -0.467 e. The first-order valence-electron chi connectivity index (χ1n) is 10.7. The number of aliphatic imine (C=N–C) groups is 2. The van der Waals surface area contributed by atoms with E-state index in [1.807, 2.05) is 24.3 Å². The number of hydrogen-bond acceptors (Lipinski definition) is 6. The van der Waals surface area contributed by atoms with Gasteiger partial charge in [0.15, 0.2) is 5.17 Å². The lowest BCUT2D eigenvalue weighted by Crippen LogP contribution is -2.42. The smallest absolute Gasteiger partial charge is 0.259 e. The van der Waals surface area contributed by atoms with E-state index in [4.69, 9.17) is 9.41 Å². The van der Waals surface area contributed by atoms with Gasteiger partial charge in [0, 0.05) is 11.3 Å². The molecule has 0 spiro atoms. The Morgan fingerprint density at radius 2 is 1.94 bits per heavy atom. The van der Waals surface area contributed by atoms with Crippen LogP contribution in [0.4, 0.5) is 5.69 Å².